The number of benzene rings is 2. The number of phenols is 1. The maximum Gasteiger partial charge on any atom is 0.277 e. The predicted molar refractivity (Wildman–Crippen MR) is 102 cm³/mol. The molecule has 2 aromatic carbocycles. The van der Waals surface area contributed by atoms with Gasteiger partial charge >= 0.3 is 0 Å². The number of hydrogen-bond acceptors (Lipinski definition) is 5. The summed E-state index contributed by atoms with van der Waals surface area (Å²) in [6, 6.07) is 7.58. The zero-order chi connectivity index (χ0) is 19.3. The smallest absolute Gasteiger partial charge is 0.277 e. The number of hydrazone groups is 1. The van der Waals surface area contributed by atoms with E-state index in [4.69, 9.17) is 44.3 Å². The average Bonchev–Trinajstić information content (AvgIpc) is 2.62. The first-order chi connectivity index (χ1) is 12.3. The molecule has 6 nitrogen and oxygen atoms in total. The summed E-state index contributed by atoms with van der Waals surface area (Å²) in [4.78, 5) is 11.9. The SMILES string of the molecule is COc1cc(/C(C)=N/NC(=O)COc2cc(Cl)c(Cl)cc2Cl)ccc1O. The highest BCUT2D eigenvalue weighted by Crippen LogP contribution is 2.33. The van der Waals surface area contributed by atoms with Crippen LogP contribution in [-0.4, -0.2) is 30.4 Å². The third-order valence-electron chi connectivity index (χ3n) is 3.28. The monoisotopic (exact) mass is 416 g/mol. The number of nitrogens with one attached hydrogen (secondary N) is 1. The van der Waals surface area contributed by atoms with E-state index < -0.39 is 5.91 Å². The minimum Gasteiger partial charge on any atom is -0.504 e. The lowest BCUT2D eigenvalue weighted by molar-refractivity contribution is -0.123. The quantitative estimate of drug-likeness (QED) is 0.418. The number of hydrogen-bond donors (Lipinski definition) is 2. The summed E-state index contributed by atoms with van der Waals surface area (Å²) in [5.74, 6) is 0.0679. The van der Waals surface area contributed by atoms with Crippen molar-refractivity contribution in [2.75, 3.05) is 13.7 Å². The van der Waals surface area contributed by atoms with Crippen molar-refractivity contribution in [2.45, 2.75) is 6.92 Å². The molecule has 0 aliphatic heterocycles. The van der Waals surface area contributed by atoms with E-state index in [1.165, 1.54) is 25.3 Å². The Bertz CT molecular complexity index is 856. The van der Waals surface area contributed by atoms with Gasteiger partial charge < -0.3 is 14.6 Å². The summed E-state index contributed by atoms with van der Waals surface area (Å²) in [6.45, 7) is 1.39. The topological polar surface area (TPSA) is 80.2 Å². The van der Waals surface area contributed by atoms with Crippen LogP contribution in [0.5, 0.6) is 17.2 Å². The normalized spacial score (nSPS) is 11.2. The molecular formula is C17H15Cl3N2O4. The van der Waals surface area contributed by atoms with Gasteiger partial charge in [-0.1, -0.05) is 34.8 Å². The first-order valence-electron chi connectivity index (χ1n) is 7.29. The number of halogens is 3. The number of carbonyl (C=O) groups is 1. The number of phenolic OH excluding ortho intramolecular Hbond substituents is 1. The fraction of sp³-hybridized carbons (Fsp3) is 0.176. The van der Waals surface area contributed by atoms with Gasteiger partial charge in [-0.05, 0) is 31.2 Å². The second-order valence-corrected chi connectivity index (χ2v) is 6.33. The molecule has 2 rings (SSSR count). The molecule has 0 aromatic heterocycles. The van der Waals surface area contributed by atoms with E-state index in [-0.39, 0.29) is 33.2 Å². The number of nitrogens with zero attached hydrogens (tertiary/aromatic N) is 1. The summed E-state index contributed by atoms with van der Waals surface area (Å²) in [7, 11) is 1.44. The van der Waals surface area contributed by atoms with Crippen molar-refractivity contribution in [3.63, 3.8) is 0 Å². The molecule has 0 spiro atoms. The molecule has 0 saturated carbocycles. The fourth-order valence-electron chi connectivity index (χ4n) is 1.90. The Morgan fingerprint density at radius 1 is 1.12 bits per heavy atom. The second-order valence-electron chi connectivity index (χ2n) is 5.10. The fourth-order valence-corrected chi connectivity index (χ4v) is 2.50. The number of amides is 1. The van der Waals surface area contributed by atoms with Gasteiger partial charge in [-0.15, -0.1) is 0 Å². The predicted octanol–water partition coefficient (Wildman–Crippen LogP) is 4.28. The minimum absolute atomic E-state index is 0.0139. The lowest BCUT2D eigenvalue weighted by atomic mass is 10.1. The van der Waals surface area contributed by atoms with Crippen molar-refractivity contribution in [2.24, 2.45) is 5.10 Å². The van der Waals surface area contributed by atoms with Crippen LogP contribution in [0.4, 0.5) is 0 Å². The third kappa shape index (κ3) is 5.17. The van der Waals surface area contributed by atoms with Gasteiger partial charge in [0.1, 0.15) is 5.75 Å². The zero-order valence-electron chi connectivity index (χ0n) is 13.8. The van der Waals surface area contributed by atoms with Crippen LogP contribution < -0.4 is 14.9 Å². The second kappa shape index (κ2) is 8.98. The standard InChI is InChI=1S/C17H15Cl3N2O4/c1-9(10-3-4-14(23)16(5-10)25-2)21-22-17(24)8-26-15-7-12(19)11(18)6-13(15)20/h3-7,23H,8H2,1-2H3,(H,22,24)/b21-9+. The maximum absolute atomic E-state index is 11.9. The van der Waals surface area contributed by atoms with Crippen LogP contribution in [0.3, 0.4) is 0 Å². The number of carbonyl (C=O) groups excluding carboxylic acids is 1. The summed E-state index contributed by atoms with van der Waals surface area (Å²) in [5.41, 5.74) is 3.56. The van der Waals surface area contributed by atoms with Gasteiger partial charge in [0.25, 0.3) is 5.91 Å². The molecule has 138 valence electrons. The van der Waals surface area contributed by atoms with E-state index in [1.807, 2.05) is 0 Å². The van der Waals surface area contributed by atoms with Gasteiger partial charge in [0.15, 0.2) is 18.1 Å². The van der Waals surface area contributed by atoms with Gasteiger partial charge in [-0.25, -0.2) is 5.43 Å². The van der Waals surface area contributed by atoms with Crippen LogP contribution >= 0.6 is 34.8 Å². The van der Waals surface area contributed by atoms with Gasteiger partial charge in [0.2, 0.25) is 0 Å². The Balaban J connectivity index is 1.97. The molecule has 0 atom stereocenters. The van der Waals surface area contributed by atoms with Crippen molar-refractivity contribution in [3.8, 4) is 17.2 Å². The first-order valence-corrected chi connectivity index (χ1v) is 8.43. The van der Waals surface area contributed by atoms with E-state index in [9.17, 15) is 9.90 Å². The largest absolute Gasteiger partial charge is 0.504 e. The van der Waals surface area contributed by atoms with Crippen LogP contribution in [0.15, 0.2) is 35.4 Å². The number of ether oxygens (including phenoxy) is 2. The molecule has 0 unspecified atom stereocenters. The molecule has 2 N–H and O–H groups in total. The average molecular weight is 418 g/mol. The molecule has 1 amide bonds. The van der Waals surface area contributed by atoms with E-state index in [2.05, 4.69) is 10.5 Å². The lowest BCUT2D eigenvalue weighted by Crippen LogP contribution is -2.25. The number of methoxy groups -OCH3 is 1. The summed E-state index contributed by atoms with van der Waals surface area (Å²) < 4.78 is 10.3. The van der Waals surface area contributed by atoms with E-state index in [0.29, 0.717) is 17.0 Å². The number of aromatic hydroxyl groups is 1. The molecule has 0 aliphatic carbocycles. The molecule has 0 saturated heterocycles. The molecule has 26 heavy (non-hydrogen) atoms. The highest BCUT2D eigenvalue weighted by molar-refractivity contribution is 6.43. The van der Waals surface area contributed by atoms with E-state index >= 15 is 0 Å². The van der Waals surface area contributed by atoms with Crippen LogP contribution in [0.25, 0.3) is 0 Å². The molecule has 0 heterocycles. The van der Waals surface area contributed by atoms with Crippen LogP contribution in [0.2, 0.25) is 15.1 Å². The molecule has 0 aliphatic rings. The van der Waals surface area contributed by atoms with Crippen molar-refractivity contribution >= 4 is 46.4 Å². The first kappa shape index (κ1) is 20.2. The van der Waals surface area contributed by atoms with Crippen molar-refractivity contribution in [1.82, 2.24) is 5.43 Å². The summed E-state index contributed by atoms with van der Waals surface area (Å²) in [6.07, 6.45) is 0. The van der Waals surface area contributed by atoms with Crippen LogP contribution in [0.1, 0.15) is 12.5 Å². The van der Waals surface area contributed by atoms with Gasteiger partial charge in [0, 0.05) is 11.6 Å². The van der Waals surface area contributed by atoms with Crippen molar-refractivity contribution in [1.29, 1.82) is 0 Å². The van der Waals surface area contributed by atoms with Gasteiger partial charge in [0.05, 0.1) is 27.9 Å². The molecule has 0 bridgehead atoms. The summed E-state index contributed by atoms with van der Waals surface area (Å²) >= 11 is 17.7. The molecular weight excluding hydrogens is 403 g/mol. The van der Waals surface area contributed by atoms with E-state index in [1.54, 1.807) is 19.1 Å². The Hall–Kier alpha value is -2.15. The van der Waals surface area contributed by atoms with E-state index in [0.717, 1.165) is 0 Å². The maximum atomic E-state index is 11.9. The Labute approximate surface area is 165 Å². The highest BCUT2D eigenvalue weighted by atomic mass is 35.5. The Morgan fingerprint density at radius 3 is 2.50 bits per heavy atom. The lowest BCUT2D eigenvalue weighted by Gasteiger charge is -2.09. The molecule has 9 heteroatoms. The Morgan fingerprint density at radius 2 is 1.81 bits per heavy atom. The van der Waals surface area contributed by atoms with Gasteiger partial charge in [-0.2, -0.15) is 5.10 Å². The van der Waals surface area contributed by atoms with Crippen molar-refractivity contribution in [3.05, 3.63) is 51.0 Å². The van der Waals surface area contributed by atoms with Gasteiger partial charge in [-0.3, -0.25) is 4.79 Å². The zero-order valence-corrected chi connectivity index (χ0v) is 16.1. The third-order valence-corrected chi connectivity index (χ3v) is 4.30. The molecule has 0 fully saturated rings. The molecule has 2 aromatic rings. The van der Waals surface area contributed by atoms with Crippen LogP contribution in [-0.2, 0) is 4.79 Å². The van der Waals surface area contributed by atoms with Crippen LogP contribution in [0, 0.1) is 0 Å². The molecule has 0 radical (unpaired) electrons. The number of rotatable bonds is 6. The van der Waals surface area contributed by atoms with Crippen molar-refractivity contribution < 1.29 is 19.4 Å². The Kier molecular flexibility index (Phi) is 6.97. The minimum atomic E-state index is -0.489. The highest BCUT2D eigenvalue weighted by Gasteiger charge is 2.10. The summed E-state index contributed by atoms with van der Waals surface area (Å²) in [5, 5.41) is 14.4.